The van der Waals surface area contributed by atoms with Crippen LogP contribution >= 0.6 is 0 Å². The van der Waals surface area contributed by atoms with Crippen LogP contribution in [-0.2, 0) is 14.4 Å². The molecule has 9 atom stereocenters. The summed E-state index contributed by atoms with van der Waals surface area (Å²) in [5.74, 6) is 4.12. The Kier molecular flexibility index (Phi) is 6.91. The van der Waals surface area contributed by atoms with Gasteiger partial charge in [-0.15, -0.1) is 0 Å². The second kappa shape index (κ2) is 9.94. The number of rotatable bonds is 1. The van der Waals surface area contributed by atoms with Crippen molar-refractivity contribution in [3.8, 4) is 0 Å². The quantitative estimate of drug-likeness (QED) is 0.489. The van der Waals surface area contributed by atoms with Crippen LogP contribution in [0.5, 0.6) is 0 Å². The van der Waals surface area contributed by atoms with Gasteiger partial charge in [0.05, 0.1) is 6.04 Å². The molecule has 2 amide bonds. The number of carbonyl (C=O) groups excluding carboxylic acids is 3. The minimum atomic E-state index is -0.636. The molecule has 1 saturated heterocycles. The lowest BCUT2D eigenvalue weighted by Crippen LogP contribution is -2.34. The van der Waals surface area contributed by atoms with Gasteiger partial charge in [-0.3, -0.25) is 14.4 Å². The minimum Gasteiger partial charge on any atom is -0.507 e. The third-order valence-electron chi connectivity index (χ3n) is 10.1. The second-order valence-electron chi connectivity index (χ2n) is 11.7. The van der Waals surface area contributed by atoms with Crippen LogP contribution in [0.15, 0.2) is 35.6 Å². The molecule has 3 N–H and O–H groups in total. The Morgan fingerprint density at radius 2 is 1.86 bits per heavy atom. The first-order valence-electron chi connectivity index (χ1n) is 13.8. The Bertz CT molecular complexity index is 966. The van der Waals surface area contributed by atoms with Gasteiger partial charge in [-0.2, -0.15) is 0 Å². The lowest BCUT2D eigenvalue weighted by molar-refractivity contribution is -0.118. The van der Waals surface area contributed by atoms with Gasteiger partial charge in [0.1, 0.15) is 11.3 Å². The number of allylic oxidation sites excluding steroid dienone is 3. The van der Waals surface area contributed by atoms with Gasteiger partial charge >= 0.3 is 0 Å². The highest BCUT2D eigenvalue weighted by Gasteiger charge is 2.55. The number of hydrogen-bond donors (Lipinski definition) is 3. The molecule has 2 aliphatic heterocycles. The fraction of sp³-hybridized carbons (Fsp3) is 0.690. The molecule has 5 aliphatic rings. The number of Topliss-reactive ketones (excluding diaryl/α,β-unsaturated/α-hetero) is 1. The molecule has 0 aromatic carbocycles. The molecule has 5 rings (SSSR count). The van der Waals surface area contributed by atoms with Crippen molar-refractivity contribution in [3.05, 3.63) is 35.6 Å². The van der Waals surface area contributed by atoms with Gasteiger partial charge in [0.2, 0.25) is 5.91 Å². The molecule has 2 heterocycles. The largest absolute Gasteiger partial charge is 0.507 e. The van der Waals surface area contributed by atoms with Crippen molar-refractivity contribution in [2.24, 2.45) is 47.3 Å². The number of nitrogens with one attached hydrogen (secondary N) is 2. The van der Waals surface area contributed by atoms with E-state index in [9.17, 15) is 19.5 Å². The Morgan fingerprint density at radius 1 is 1.03 bits per heavy atom. The smallest absolute Gasteiger partial charge is 0.259 e. The van der Waals surface area contributed by atoms with E-state index in [4.69, 9.17) is 0 Å². The first kappa shape index (κ1) is 24.3. The van der Waals surface area contributed by atoms with Crippen LogP contribution in [0.3, 0.4) is 0 Å². The summed E-state index contributed by atoms with van der Waals surface area (Å²) in [5, 5.41) is 16.3. The topological polar surface area (TPSA) is 95.5 Å². The molecule has 0 aromatic rings. The Labute approximate surface area is 208 Å². The Hall–Kier alpha value is -2.37. The highest BCUT2D eigenvalue weighted by molar-refractivity contribution is 6.27. The van der Waals surface area contributed by atoms with Crippen molar-refractivity contribution in [1.82, 2.24) is 10.6 Å². The zero-order valence-corrected chi connectivity index (χ0v) is 21.0. The minimum absolute atomic E-state index is 0.0979. The van der Waals surface area contributed by atoms with Crippen molar-refractivity contribution in [2.45, 2.75) is 71.3 Å². The number of hydrogen-bond acceptors (Lipinski definition) is 4. The molecule has 35 heavy (non-hydrogen) atoms. The Balaban J connectivity index is 1.43. The van der Waals surface area contributed by atoms with Crippen LogP contribution in [0.1, 0.15) is 65.2 Å². The molecule has 0 unspecified atom stereocenters. The second-order valence-corrected chi connectivity index (χ2v) is 11.7. The first-order valence-corrected chi connectivity index (χ1v) is 13.8. The summed E-state index contributed by atoms with van der Waals surface area (Å²) in [7, 11) is 0. The molecule has 3 saturated carbocycles. The van der Waals surface area contributed by atoms with Crippen LogP contribution in [0.25, 0.3) is 0 Å². The maximum Gasteiger partial charge on any atom is 0.259 e. The van der Waals surface area contributed by atoms with Crippen molar-refractivity contribution >= 4 is 17.6 Å². The van der Waals surface area contributed by atoms with E-state index >= 15 is 0 Å². The summed E-state index contributed by atoms with van der Waals surface area (Å²) in [6, 6.07) is -0.636. The van der Waals surface area contributed by atoms with E-state index in [-0.39, 0.29) is 28.9 Å². The number of fused-ring (bicyclic) bond motifs is 7. The molecule has 190 valence electrons. The van der Waals surface area contributed by atoms with E-state index < -0.39 is 11.9 Å². The molecule has 3 aliphatic carbocycles. The fourth-order valence-corrected chi connectivity index (χ4v) is 8.48. The molecule has 2 bridgehead atoms. The van der Waals surface area contributed by atoms with Gasteiger partial charge in [-0.25, -0.2) is 0 Å². The zero-order valence-electron chi connectivity index (χ0n) is 21.0. The Morgan fingerprint density at radius 3 is 2.66 bits per heavy atom. The molecule has 0 aromatic heterocycles. The van der Waals surface area contributed by atoms with Gasteiger partial charge in [-0.05, 0) is 104 Å². The van der Waals surface area contributed by atoms with E-state index in [1.807, 2.05) is 12.2 Å². The summed E-state index contributed by atoms with van der Waals surface area (Å²) in [4.78, 5) is 37.6. The fourth-order valence-electron chi connectivity index (χ4n) is 8.48. The van der Waals surface area contributed by atoms with Gasteiger partial charge in [0.25, 0.3) is 5.91 Å². The number of aliphatic hydroxyl groups is 1. The van der Waals surface area contributed by atoms with Gasteiger partial charge in [0.15, 0.2) is 5.78 Å². The van der Waals surface area contributed by atoms with Gasteiger partial charge in [-0.1, -0.05) is 32.4 Å². The van der Waals surface area contributed by atoms with E-state index in [0.29, 0.717) is 31.2 Å². The molecule has 0 spiro atoms. The summed E-state index contributed by atoms with van der Waals surface area (Å²) >= 11 is 0. The molecular weight excluding hydrogens is 440 g/mol. The number of amides is 2. The maximum absolute atomic E-state index is 12.8. The molecule has 0 radical (unpaired) electrons. The lowest BCUT2D eigenvalue weighted by atomic mass is 9.63. The summed E-state index contributed by atoms with van der Waals surface area (Å²) < 4.78 is 0. The van der Waals surface area contributed by atoms with Crippen LogP contribution in [0.4, 0.5) is 0 Å². The van der Waals surface area contributed by atoms with Crippen molar-refractivity contribution < 1.29 is 19.5 Å². The molecular formula is C29H40N2O4. The third kappa shape index (κ3) is 4.49. The average molecular weight is 481 g/mol. The average Bonchev–Trinajstić information content (AvgIpc) is 3.45. The lowest BCUT2D eigenvalue weighted by Gasteiger charge is -2.42. The molecule has 6 heteroatoms. The highest BCUT2D eigenvalue weighted by Crippen LogP contribution is 2.62. The standard InChI is InChI=1S/C29H40N2O4/c1-3-17-14-19-15-22-20-6-4-8-25(33)30-13-5-7-23-28(34)27(29(35)31-23)24(32)12-10-18(20)9-11-21(22)26(19)16(17)2/h4,8,10,12,16-23,26,32H,3,5-7,9,11,13-15H2,1-2H3,(H,30,33)(H,31,35)/t16-,17+,18-,19+,20-,21+,22+,23+,26+/m1/s1. The SMILES string of the molecule is CC[C@H]1C[C@H]2C[C@@H]3[C@H](CC[C@@H]4C=CC(O)=C5C(=O)N[C@@H](CCCNC(=O)C=CC[C@@H]34)C5=O)[C@H]2[C@@H]1C. The van der Waals surface area contributed by atoms with E-state index in [1.54, 1.807) is 12.2 Å². The third-order valence-corrected chi connectivity index (χ3v) is 10.1. The van der Waals surface area contributed by atoms with E-state index in [0.717, 1.165) is 42.4 Å². The van der Waals surface area contributed by atoms with Crippen LogP contribution in [0.2, 0.25) is 0 Å². The van der Waals surface area contributed by atoms with Crippen LogP contribution < -0.4 is 10.6 Å². The van der Waals surface area contributed by atoms with E-state index in [1.165, 1.54) is 25.7 Å². The summed E-state index contributed by atoms with van der Waals surface area (Å²) in [6.45, 7) is 5.25. The van der Waals surface area contributed by atoms with Crippen molar-refractivity contribution in [1.29, 1.82) is 0 Å². The van der Waals surface area contributed by atoms with Gasteiger partial charge < -0.3 is 15.7 Å². The summed E-state index contributed by atoms with van der Waals surface area (Å²) in [5.41, 5.74) is -0.123. The zero-order chi connectivity index (χ0) is 24.7. The van der Waals surface area contributed by atoms with Crippen molar-refractivity contribution in [2.75, 3.05) is 6.54 Å². The number of carbonyl (C=O) groups is 3. The summed E-state index contributed by atoms with van der Waals surface area (Å²) in [6.07, 6.45) is 15.3. The normalized spacial score (nSPS) is 41.9. The van der Waals surface area contributed by atoms with Crippen LogP contribution in [-0.4, -0.2) is 35.3 Å². The molecule has 6 nitrogen and oxygen atoms in total. The maximum atomic E-state index is 12.8. The van der Waals surface area contributed by atoms with Crippen LogP contribution in [0, 0.1) is 47.3 Å². The predicted octanol–water partition coefficient (Wildman–Crippen LogP) is 4.24. The highest BCUT2D eigenvalue weighted by atomic mass is 16.3. The molecule has 4 fully saturated rings. The number of ketones is 1. The predicted molar refractivity (Wildman–Crippen MR) is 134 cm³/mol. The van der Waals surface area contributed by atoms with Gasteiger partial charge in [0, 0.05) is 6.54 Å². The van der Waals surface area contributed by atoms with E-state index in [2.05, 4.69) is 24.5 Å². The first-order chi connectivity index (χ1) is 16.9. The monoisotopic (exact) mass is 480 g/mol. The van der Waals surface area contributed by atoms with Crippen molar-refractivity contribution in [3.63, 3.8) is 0 Å². The number of aliphatic hydroxyl groups excluding tert-OH is 1.